The number of amides is 1. The number of allylic oxidation sites excluding steroid dienone is 1. The summed E-state index contributed by atoms with van der Waals surface area (Å²) in [6, 6.07) is 7.14. The molecule has 0 radical (unpaired) electrons. The highest BCUT2D eigenvalue weighted by Crippen LogP contribution is 2.52. The van der Waals surface area contributed by atoms with Gasteiger partial charge in [0.15, 0.2) is 0 Å². The monoisotopic (exact) mass is 431 g/mol. The summed E-state index contributed by atoms with van der Waals surface area (Å²) in [6.45, 7) is 7.37. The average Bonchev–Trinajstić information content (AvgIpc) is 2.92. The van der Waals surface area contributed by atoms with E-state index >= 15 is 0 Å². The van der Waals surface area contributed by atoms with Gasteiger partial charge in [-0.25, -0.2) is 4.31 Å². The lowest BCUT2D eigenvalue weighted by atomic mass is 9.65. The molecule has 0 spiro atoms. The second-order valence-electron chi connectivity index (χ2n) is 9.83. The Labute approximate surface area is 178 Å². The van der Waals surface area contributed by atoms with Crippen molar-refractivity contribution < 1.29 is 17.9 Å². The van der Waals surface area contributed by atoms with Gasteiger partial charge in [-0.1, -0.05) is 32.9 Å². The number of carbonyl (C=O) groups is 1. The minimum atomic E-state index is -4.00. The number of likely N-dealkylation sites (tertiary alicyclic amines) is 1. The third-order valence-corrected chi connectivity index (χ3v) is 7.75. The molecule has 2 fully saturated rings. The standard InChI is InChI=1S/C22H29N3O4S/c1-21(2)11-16-12-22(3,13-21)14-25(16)20(26)19-10-18(23-30(27,28)24(19)4)15-7-6-8-17(9-15)29-5/h6-10,16H,11-14H2,1-5H3/t16-,22+/m0/s1. The molecular formula is C22H29N3O4S. The van der Waals surface area contributed by atoms with Crippen molar-refractivity contribution in [1.82, 2.24) is 9.21 Å². The molecule has 1 amide bonds. The number of ether oxygens (including phenoxy) is 1. The number of rotatable bonds is 3. The molecule has 7 nitrogen and oxygen atoms in total. The summed E-state index contributed by atoms with van der Waals surface area (Å²) in [7, 11) is -1.06. The zero-order valence-corrected chi connectivity index (χ0v) is 19.0. The quantitative estimate of drug-likeness (QED) is 0.737. The third kappa shape index (κ3) is 3.62. The van der Waals surface area contributed by atoms with E-state index in [4.69, 9.17) is 4.74 Å². The highest BCUT2D eigenvalue weighted by molar-refractivity contribution is 7.88. The van der Waals surface area contributed by atoms with E-state index in [1.165, 1.54) is 7.05 Å². The molecule has 162 valence electrons. The van der Waals surface area contributed by atoms with Crippen molar-refractivity contribution in [3.63, 3.8) is 0 Å². The van der Waals surface area contributed by atoms with E-state index in [-0.39, 0.29) is 34.2 Å². The van der Waals surface area contributed by atoms with Gasteiger partial charge in [-0.15, -0.1) is 4.40 Å². The van der Waals surface area contributed by atoms with Crippen LogP contribution in [0.15, 0.2) is 40.4 Å². The van der Waals surface area contributed by atoms with Crippen LogP contribution in [0.5, 0.6) is 5.75 Å². The summed E-state index contributed by atoms with van der Waals surface area (Å²) >= 11 is 0. The van der Waals surface area contributed by atoms with Crippen LogP contribution in [0.25, 0.3) is 0 Å². The van der Waals surface area contributed by atoms with E-state index in [2.05, 4.69) is 25.2 Å². The predicted molar refractivity (Wildman–Crippen MR) is 116 cm³/mol. The van der Waals surface area contributed by atoms with Gasteiger partial charge in [0.25, 0.3) is 5.91 Å². The summed E-state index contributed by atoms with van der Waals surface area (Å²) < 4.78 is 35.6. The highest BCUT2D eigenvalue weighted by Gasteiger charge is 2.52. The fourth-order valence-corrected chi connectivity index (χ4v) is 6.42. The first-order chi connectivity index (χ1) is 13.9. The molecule has 1 aromatic carbocycles. The Morgan fingerprint density at radius 3 is 2.67 bits per heavy atom. The molecular weight excluding hydrogens is 402 g/mol. The number of carbonyl (C=O) groups excluding carboxylic acids is 1. The van der Waals surface area contributed by atoms with Gasteiger partial charge in [0, 0.05) is 25.2 Å². The van der Waals surface area contributed by atoms with Crippen LogP contribution >= 0.6 is 0 Å². The van der Waals surface area contributed by atoms with Crippen LogP contribution in [-0.2, 0) is 15.0 Å². The van der Waals surface area contributed by atoms with E-state index in [1.807, 2.05) is 4.90 Å². The fraction of sp³-hybridized carbons (Fsp3) is 0.545. The van der Waals surface area contributed by atoms with Crippen LogP contribution < -0.4 is 4.74 Å². The molecule has 1 saturated carbocycles. The Morgan fingerprint density at radius 2 is 1.97 bits per heavy atom. The Hall–Kier alpha value is -2.35. The average molecular weight is 432 g/mol. The Kier molecular flexibility index (Phi) is 4.76. The minimum Gasteiger partial charge on any atom is -0.497 e. The summed E-state index contributed by atoms with van der Waals surface area (Å²) in [5, 5.41) is 0. The van der Waals surface area contributed by atoms with Crippen molar-refractivity contribution in [2.75, 3.05) is 20.7 Å². The SMILES string of the molecule is COc1cccc(C2=NS(=O)(=O)N(C)C(C(=O)N3C[C@]4(C)C[C@@H]3CC(C)(C)C4)=C2)c1. The van der Waals surface area contributed by atoms with Gasteiger partial charge in [-0.05, 0) is 48.3 Å². The molecule has 2 bridgehead atoms. The number of methoxy groups -OCH3 is 1. The van der Waals surface area contributed by atoms with E-state index < -0.39 is 10.2 Å². The van der Waals surface area contributed by atoms with E-state index in [1.54, 1.807) is 37.5 Å². The largest absolute Gasteiger partial charge is 0.497 e. The molecule has 3 aliphatic rings. The Bertz CT molecular complexity index is 1060. The van der Waals surface area contributed by atoms with Crippen molar-refractivity contribution in [3.8, 4) is 5.75 Å². The van der Waals surface area contributed by atoms with Gasteiger partial charge in [-0.3, -0.25) is 4.79 Å². The van der Waals surface area contributed by atoms with Crippen LogP contribution in [0.4, 0.5) is 0 Å². The van der Waals surface area contributed by atoms with Gasteiger partial charge in [-0.2, -0.15) is 8.42 Å². The lowest BCUT2D eigenvalue weighted by molar-refractivity contribution is -0.129. The van der Waals surface area contributed by atoms with Crippen molar-refractivity contribution in [2.24, 2.45) is 15.2 Å². The van der Waals surface area contributed by atoms with Crippen LogP contribution in [0.2, 0.25) is 0 Å². The van der Waals surface area contributed by atoms with Crippen molar-refractivity contribution in [2.45, 2.75) is 46.1 Å². The van der Waals surface area contributed by atoms with Gasteiger partial charge in [0.05, 0.1) is 12.8 Å². The Morgan fingerprint density at radius 1 is 1.23 bits per heavy atom. The summed E-state index contributed by atoms with van der Waals surface area (Å²) in [5.41, 5.74) is 1.20. The molecule has 0 aromatic heterocycles. The number of nitrogens with zero attached hydrogens (tertiary/aromatic N) is 3. The maximum Gasteiger partial charge on any atom is 0.345 e. The first-order valence-corrected chi connectivity index (χ1v) is 11.6. The first-order valence-electron chi connectivity index (χ1n) is 10.2. The van der Waals surface area contributed by atoms with Crippen molar-refractivity contribution in [3.05, 3.63) is 41.6 Å². The zero-order chi connectivity index (χ0) is 21.9. The second kappa shape index (κ2) is 6.83. The predicted octanol–water partition coefficient (Wildman–Crippen LogP) is 2.99. The minimum absolute atomic E-state index is 0.0679. The van der Waals surface area contributed by atoms with Crippen molar-refractivity contribution in [1.29, 1.82) is 0 Å². The molecule has 2 heterocycles. The maximum atomic E-state index is 13.6. The number of hydrogen-bond acceptors (Lipinski definition) is 4. The first kappa shape index (κ1) is 20.9. The highest BCUT2D eigenvalue weighted by atomic mass is 32.2. The van der Waals surface area contributed by atoms with Crippen LogP contribution in [0, 0.1) is 10.8 Å². The number of benzene rings is 1. The molecule has 30 heavy (non-hydrogen) atoms. The molecule has 0 unspecified atom stereocenters. The van der Waals surface area contributed by atoms with Gasteiger partial charge >= 0.3 is 10.2 Å². The van der Waals surface area contributed by atoms with E-state index in [0.29, 0.717) is 17.9 Å². The molecule has 1 aliphatic carbocycles. The number of likely N-dealkylation sites (N-methyl/N-ethyl adjacent to an activating group) is 1. The summed E-state index contributed by atoms with van der Waals surface area (Å²) in [5.74, 6) is 0.346. The normalized spacial score (nSPS) is 29.3. The summed E-state index contributed by atoms with van der Waals surface area (Å²) in [6.07, 6.45) is 4.52. The molecule has 1 saturated heterocycles. The van der Waals surface area contributed by atoms with E-state index in [9.17, 15) is 13.2 Å². The van der Waals surface area contributed by atoms with Crippen LogP contribution in [0.1, 0.15) is 45.6 Å². The number of hydrogen-bond donors (Lipinski definition) is 0. The molecule has 8 heteroatoms. The lowest BCUT2D eigenvalue weighted by Gasteiger charge is -2.39. The third-order valence-electron chi connectivity index (χ3n) is 6.43. The fourth-order valence-electron chi connectivity index (χ4n) is 5.52. The molecule has 1 aromatic rings. The molecule has 2 atom stereocenters. The van der Waals surface area contributed by atoms with Crippen LogP contribution in [0.3, 0.4) is 0 Å². The van der Waals surface area contributed by atoms with Crippen molar-refractivity contribution >= 4 is 21.8 Å². The number of fused-ring (bicyclic) bond motifs is 2. The van der Waals surface area contributed by atoms with Gasteiger partial charge in [0.1, 0.15) is 11.4 Å². The smallest absolute Gasteiger partial charge is 0.345 e. The maximum absolute atomic E-state index is 13.6. The zero-order valence-electron chi connectivity index (χ0n) is 18.2. The molecule has 4 rings (SSSR count). The molecule has 0 N–H and O–H groups in total. The van der Waals surface area contributed by atoms with Gasteiger partial charge in [0.2, 0.25) is 0 Å². The lowest BCUT2D eigenvalue weighted by Crippen LogP contribution is -2.43. The summed E-state index contributed by atoms with van der Waals surface area (Å²) in [4.78, 5) is 15.4. The Balaban J connectivity index is 1.71. The van der Waals surface area contributed by atoms with Crippen LogP contribution in [-0.4, -0.2) is 56.0 Å². The topological polar surface area (TPSA) is 79.3 Å². The van der Waals surface area contributed by atoms with E-state index in [0.717, 1.165) is 23.6 Å². The van der Waals surface area contributed by atoms with Gasteiger partial charge < -0.3 is 9.64 Å². The second-order valence-corrected chi connectivity index (χ2v) is 11.5. The molecule has 2 aliphatic heterocycles.